The first-order chi connectivity index (χ1) is 60.9. The number of halogens is 6. The summed E-state index contributed by atoms with van der Waals surface area (Å²) in [5.41, 5.74) is 13.9. The highest BCUT2D eigenvalue weighted by Crippen LogP contribution is 2.43. The summed E-state index contributed by atoms with van der Waals surface area (Å²) in [5, 5.41) is 45.6. The van der Waals surface area contributed by atoms with E-state index in [2.05, 4.69) is 39.1 Å². The van der Waals surface area contributed by atoms with E-state index in [0.29, 0.717) is 82.7 Å². The van der Waals surface area contributed by atoms with Crippen molar-refractivity contribution < 1.29 is 122 Å². The van der Waals surface area contributed by atoms with E-state index in [0.717, 1.165) is 63.2 Å². The maximum atomic E-state index is 13.3. The van der Waals surface area contributed by atoms with Crippen molar-refractivity contribution in [3.63, 3.8) is 0 Å². The molecule has 44 heteroatoms. The van der Waals surface area contributed by atoms with Crippen LogP contribution in [0.3, 0.4) is 0 Å². The van der Waals surface area contributed by atoms with E-state index in [1.807, 2.05) is 57.5 Å². The third kappa shape index (κ3) is 30.1. The highest BCUT2D eigenvalue weighted by Gasteiger charge is 2.43. The van der Waals surface area contributed by atoms with Gasteiger partial charge in [-0.05, 0) is 157 Å². The summed E-state index contributed by atoms with van der Waals surface area (Å²) < 4.78 is 116. The van der Waals surface area contributed by atoms with Crippen molar-refractivity contribution in [2.75, 3.05) is 152 Å². The number of hydrogen-bond acceptors (Lipinski definition) is 30. The maximum absolute atomic E-state index is 13.3. The zero-order chi connectivity index (χ0) is 93.2. The Labute approximate surface area is 771 Å². The normalized spacial score (nSPS) is 17.8. The minimum atomic E-state index is -3.84. The van der Waals surface area contributed by atoms with E-state index >= 15 is 0 Å². The molecule has 5 aliphatic heterocycles. The van der Waals surface area contributed by atoms with Gasteiger partial charge in [0.05, 0.1) is 86.5 Å². The van der Waals surface area contributed by atoms with Crippen LogP contribution in [0.2, 0.25) is 30.1 Å². The lowest BCUT2D eigenvalue weighted by Crippen LogP contribution is -2.47. The first kappa shape index (κ1) is 104. The second-order valence-electron chi connectivity index (χ2n) is 30.4. The zero-order valence-electron chi connectivity index (χ0n) is 70.2. The fourth-order valence-corrected chi connectivity index (χ4v) is 19.5. The molecular weight excluding hydrogens is 1860 g/mol. The van der Waals surface area contributed by atoms with Crippen molar-refractivity contribution in [3.05, 3.63) is 189 Å². The fraction of sp³-hybridized carbons (Fsp3) is 0.476. The first-order valence-electron chi connectivity index (χ1n) is 40.7. The quantitative estimate of drug-likeness (QED) is 0.0170. The number of amides is 5. The average molecular weight is 1960 g/mol. The van der Waals surface area contributed by atoms with E-state index in [1.165, 1.54) is 6.07 Å². The van der Waals surface area contributed by atoms with Gasteiger partial charge in [0.2, 0.25) is 20.0 Å². The number of ketones is 1. The Bertz CT molecular complexity index is 5000. The van der Waals surface area contributed by atoms with Crippen LogP contribution in [0.25, 0.3) is 0 Å². The van der Waals surface area contributed by atoms with Crippen LogP contribution in [0, 0.1) is 0 Å². The zero-order valence-corrected chi connectivity index (χ0v) is 77.2. The second kappa shape index (κ2) is 49.9. The van der Waals surface area contributed by atoms with Crippen LogP contribution in [0.5, 0.6) is 0 Å². The van der Waals surface area contributed by atoms with Crippen molar-refractivity contribution in [1.29, 1.82) is 0 Å². The molecule has 0 radical (unpaired) electrons. The molecule has 5 amide bonds. The topological polar surface area (TPSA) is 472 Å². The van der Waals surface area contributed by atoms with E-state index < -0.39 is 102 Å². The van der Waals surface area contributed by atoms with Gasteiger partial charge in [-0.2, -0.15) is 0 Å². The van der Waals surface area contributed by atoms with Gasteiger partial charge in [0.25, 0.3) is 29.5 Å². The van der Waals surface area contributed by atoms with Crippen LogP contribution in [-0.2, 0) is 126 Å². The number of aliphatic hydroxyl groups is 4. The number of rotatable bonds is 44. The van der Waals surface area contributed by atoms with Crippen molar-refractivity contribution in [3.8, 4) is 0 Å². The number of carbonyl (C=O) groups excluding carboxylic acids is 8. The van der Waals surface area contributed by atoms with Gasteiger partial charge < -0.3 is 84.3 Å². The van der Waals surface area contributed by atoms with Gasteiger partial charge in [0, 0.05) is 159 Å². The third-order valence-corrected chi connectivity index (χ3v) is 27.1. The molecule has 0 bridgehead atoms. The standard InChI is InChI=1S/C50H62Cl4N4O12S2.C22H29Cl2N3O4S.C12H12N2O10/c1-57-29-41(39-25-35(51)27-45(53)43(39)31-57)33-7-3-9-37(23-33)71(63,64)22-6-15-68-19-20-69-16-12-55-50(62)49(61)48(60)47(59)11-5-14-67-18-21-70-17-13-56-72(65,66)38-10-4-8-34(24-38)42-30-58(2)32-44-40(42)26-36(52)28-46(44)54;1-27-14-20(19-12-17(23)13-22(24)21(19)15-27)16-3-2-4-18(11-16)32(28,29)26-6-8-31-10-9-30-7-5-25;15-5-1-2-6(16)13(5)23-11(21)9(19)10(20)12(22)24-14-7(17)3-4-8(14)18/h3-4,7-10,23-28,41-42,48-49,56,60-61H,5-6,11-22,29-32H2,1-2H3,(H,55,62);2-4,11-13,20,26H,5-10,14-15,25H2,1H3;9-10,19-20H,1-4H2/t41?,42?,48-,49+;;9-,10-/m0.1/s1. The van der Waals surface area contributed by atoms with E-state index in [4.69, 9.17) is 104 Å². The minimum Gasteiger partial charge on any atom is -0.382 e. The highest BCUT2D eigenvalue weighted by atomic mass is 35.5. The number of Topliss-reactive ketones (excluding diaryl/α,β-unsaturated/α-hetero) is 1. The van der Waals surface area contributed by atoms with Gasteiger partial charge in [0.1, 0.15) is 6.10 Å². The molecule has 35 nitrogen and oxygen atoms in total. The number of benzene rings is 6. The number of ether oxygens (including phenoxy) is 6. The number of nitrogens with one attached hydrogen (secondary N) is 3. The van der Waals surface area contributed by atoms with Crippen LogP contribution < -0.4 is 20.5 Å². The predicted octanol–water partition coefficient (Wildman–Crippen LogP) is 5.61. The number of hydrogen-bond donors (Lipinski definition) is 8. The Morgan fingerprint density at radius 2 is 0.766 bits per heavy atom. The minimum absolute atomic E-state index is 0.00626. The van der Waals surface area contributed by atoms with Crippen LogP contribution in [0.15, 0.2) is 124 Å². The van der Waals surface area contributed by atoms with Gasteiger partial charge in [-0.15, -0.1) is 10.1 Å². The number of sulfone groups is 1. The number of aliphatic hydroxyl groups excluding tert-OH is 4. The van der Waals surface area contributed by atoms with Crippen molar-refractivity contribution in [2.45, 2.75) is 121 Å². The van der Waals surface area contributed by atoms with Crippen LogP contribution >= 0.6 is 69.6 Å². The molecule has 2 fully saturated rings. The SMILES string of the molecule is CN1Cc2c(Cl)cc(Cl)cc2C(c2cccc(S(=O)(=O)CCCOCCOCCNC(=O)[C@H](O)[C@@H](O)C(=O)CCCOCCOCCNS(=O)(=O)c3cccc(C4CN(C)Cc5c(Cl)cc(Cl)cc54)c3)c2)C1.CN1Cc2c(Cl)cc(Cl)cc2C(c2cccc(S(=O)(=O)NCCOCCOCCN)c2)C1.O=C(ON1C(=O)CCC1=O)[C@H](O)[C@@H](O)C(=O)ON1C(=O)CCC1=O. The largest absolute Gasteiger partial charge is 0.382 e. The molecule has 128 heavy (non-hydrogen) atoms. The first-order valence-corrected chi connectivity index (χ1v) is 47.6. The number of likely N-dealkylation sites (N-methyl/N-ethyl adjacent to an activating group) is 3. The number of nitrogens with zero attached hydrogens (tertiary/aromatic N) is 5. The van der Waals surface area contributed by atoms with Gasteiger partial charge in [-0.25, -0.2) is 44.3 Å². The molecule has 6 aromatic carbocycles. The smallest absolute Gasteiger partial charge is 0.364 e. The Balaban J connectivity index is 0.000000268. The highest BCUT2D eigenvalue weighted by molar-refractivity contribution is 7.91. The average Bonchev–Trinajstić information content (AvgIpc) is 0.872. The summed E-state index contributed by atoms with van der Waals surface area (Å²) >= 11 is 38.4. The van der Waals surface area contributed by atoms with Crippen LogP contribution in [0.4, 0.5) is 0 Å². The molecule has 11 rings (SSSR count). The third-order valence-electron chi connectivity index (χ3n) is 20.7. The van der Waals surface area contributed by atoms with Gasteiger partial charge >= 0.3 is 11.9 Å². The molecule has 0 aliphatic carbocycles. The second-order valence-corrected chi connectivity index (χ2v) is 38.6. The lowest BCUT2D eigenvalue weighted by atomic mass is 9.85. The van der Waals surface area contributed by atoms with E-state index in [1.54, 1.807) is 66.7 Å². The predicted molar refractivity (Wildman–Crippen MR) is 470 cm³/mol. The summed E-state index contributed by atoms with van der Waals surface area (Å²) in [6, 6.07) is 31.7. The fourth-order valence-electron chi connectivity index (χ4n) is 14.3. The molecule has 0 saturated carbocycles. The number of hydroxylamine groups is 4. The lowest BCUT2D eigenvalue weighted by molar-refractivity contribution is -0.216. The van der Waals surface area contributed by atoms with E-state index in [9.17, 15) is 84.0 Å². The Kier molecular flexibility index (Phi) is 40.7. The molecule has 5 aliphatic rings. The Hall–Kier alpha value is -7.37. The summed E-state index contributed by atoms with van der Waals surface area (Å²) in [6.45, 7) is 7.48. The molecule has 6 aromatic rings. The van der Waals surface area contributed by atoms with Crippen molar-refractivity contribution >= 4 is 147 Å². The Morgan fingerprint density at radius 1 is 0.430 bits per heavy atom. The molecule has 3 unspecified atom stereocenters. The summed E-state index contributed by atoms with van der Waals surface area (Å²) in [5.74, 6) is -8.67. The van der Waals surface area contributed by atoms with Gasteiger partial charge in [-0.3, -0.25) is 28.8 Å². The van der Waals surface area contributed by atoms with E-state index in [-0.39, 0.29) is 172 Å². The number of nitrogens with two attached hydrogens (primary N) is 1. The number of imide groups is 2. The van der Waals surface area contributed by atoms with Gasteiger partial charge in [0.15, 0.2) is 33.9 Å². The number of fused-ring (bicyclic) bond motifs is 3. The molecule has 7 atom stereocenters. The molecule has 5 heterocycles. The lowest BCUT2D eigenvalue weighted by Gasteiger charge is -2.33. The summed E-state index contributed by atoms with van der Waals surface area (Å²) in [7, 11) is -5.12. The Morgan fingerprint density at radius 3 is 1.14 bits per heavy atom. The van der Waals surface area contributed by atoms with Crippen molar-refractivity contribution in [1.82, 2.24) is 39.6 Å². The van der Waals surface area contributed by atoms with Crippen LogP contribution in [0.1, 0.15) is 113 Å². The molecule has 0 spiro atoms. The van der Waals surface area contributed by atoms with Crippen molar-refractivity contribution in [2.24, 2.45) is 5.73 Å². The summed E-state index contributed by atoms with van der Waals surface area (Å²) in [6.07, 6.45) is -9.35. The molecule has 2 saturated heterocycles. The maximum Gasteiger partial charge on any atom is 0.364 e. The molecule has 9 N–H and O–H groups in total. The molecule has 700 valence electrons. The summed E-state index contributed by atoms with van der Waals surface area (Å²) in [4.78, 5) is 109. The number of sulfonamides is 2. The molecular formula is C84H103Cl6N9O26S3. The van der Waals surface area contributed by atoms with Gasteiger partial charge in [-0.1, -0.05) is 106 Å². The number of carbonyl (C=O) groups is 8. The monoisotopic (exact) mass is 1960 g/mol. The van der Waals surface area contributed by atoms with Crippen LogP contribution in [-0.4, -0.2) is 294 Å². The molecule has 0 aromatic heterocycles.